The molecule has 0 unspecified atom stereocenters. The number of hydrogen-bond acceptors (Lipinski definition) is 4. The fourth-order valence-corrected chi connectivity index (χ4v) is 2.17. The molecule has 1 aromatic rings. The highest BCUT2D eigenvalue weighted by atomic mass is 35.5. The van der Waals surface area contributed by atoms with Crippen molar-refractivity contribution in [1.82, 2.24) is 0 Å². The molecule has 0 aromatic heterocycles. The normalized spacial score (nSPS) is 10.4. The summed E-state index contributed by atoms with van der Waals surface area (Å²) in [5, 5.41) is 0.473. The summed E-state index contributed by atoms with van der Waals surface area (Å²) >= 11 is 11.0. The van der Waals surface area contributed by atoms with Gasteiger partial charge >= 0.3 is 5.97 Å². The van der Waals surface area contributed by atoms with Gasteiger partial charge in [0, 0.05) is 17.3 Å². The van der Waals surface area contributed by atoms with Gasteiger partial charge in [0.15, 0.2) is 0 Å². The van der Waals surface area contributed by atoms with Gasteiger partial charge in [-0.15, -0.1) is 0 Å². The van der Waals surface area contributed by atoms with Crippen molar-refractivity contribution >= 4 is 40.5 Å². The molecular formula is C13H17ClN2O2S. The number of thiocarbonyl (C=S) groups is 1. The van der Waals surface area contributed by atoms with Crippen molar-refractivity contribution in [2.75, 3.05) is 18.6 Å². The second-order valence-corrected chi connectivity index (χ2v) is 5.17. The minimum absolute atomic E-state index is 0.130. The predicted octanol–water partition coefficient (Wildman–Crippen LogP) is 2.36. The van der Waals surface area contributed by atoms with Gasteiger partial charge in [0.1, 0.15) is 11.5 Å². The quantitative estimate of drug-likeness (QED) is 0.668. The average molecular weight is 301 g/mol. The molecule has 0 heterocycles. The third-order valence-corrected chi connectivity index (χ3v) is 3.23. The number of nitrogens with zero attached hydrogens (tertiary/aromatic N) is 1. The summed E-state index contributed by atoms with van der Waals surface area (Å²) in [6.45, 7) is 4.13. The molecule has 1 rings (SSSR count). The number of nitrogens with two attached hydrogens (primary N) is 1. The SMILES string of the molecule is COC(=O)CN(c1ccc(C(N)=S)c(Cl)c1)C(C)C. The second kappa shape index (κ2) is 6.73. The molecule has 0 aliphatic carbocycles. The Balaban J connectivity index is 3.07. The molecular weight excluding hydrogens is 284 g/mol. The summed E-state index contributed by atoms with van der Waals surface area (Å²) in [5.74, 6) is -0.303. The number of methoxy groups -OCH3 is 1. The van der Waals surface area contributed by atoms with Crippen molar-refractivity contribution in [2.45, 2.75) is 19.9 Å². The molecule has 0 spiro atoms. The van der Waals surface area contributed by atoms with Crippen molar-refractivity contribution < 1.29 is 9.53 Å². The monoisotopic (exact) mass is 300 g/mol. The van der Waals surface area contributed by atoms with Gasteiger partial charge in [-0.3, -0.25) is 4.79 Å². The maximum Gasteiger partial charge on any atom is 0.325 e. The van der Waals surface area contributed by atoms with Crippen LogP contribution in [0.25, 0.3) is 0 Å². The van der Waals surface area contributed by atoms with Gasteiger partial charge in [-0.25, -0.2) is 0 Å². The molecule has 0 fully saturated rings. The van der Waals surface area contributed by atoms with Gasteiger partial charge < -0.3 is 15.4 Å². The van der Waals surface area contributed by atoms with Gasteiger partial charge in [0.2, 0.25) is 0 Å². The van der Waals surface area contributed by atoms with Crippen LogP contribution in [-0.4, -0.2) is 30.7 Å². The van der Waals surface area contributed by atoms with Gasteiger partial charge in [-0.2, -0.15) is 0 Å². The van der Waals surface area contributed by atoms with Crippen LogP contribution >= 0.6 is 23.8 Å². The Bertz CT molecular complexity index is 492. The molecule has 0 radical (unpaired) electrons. The van der Waals surface area contributed by atoms with Gasteiger partial charge in [-0.1, -0.05) is 23.8 Å². The van der Waals surface area contributed by atoms with Gasteiger partial charge in [0.25, 0.3) is 0 Å². The Morgan fingerprint density at radius 1 is 1.53 bits per heavy atom. The maximum atomic E-state index is 11.4. The van der Waals surface area contributed by atoms with Crippen molar-refractivity contribution in [1.29, 1.82) is 0 Å². The predicted molar refractivity (Wildman–Crippen MR) is 81.8 cm³/mol. The van der Waals surface area contributed by atoms with E-state index in [1.807, 2.05) is 24.8 Å². The van der Waals surface area contributed by atoms with Crippen LogP contribution in [0, 0.1) is 0 Å². The smallest absolute Gasteiger partial charge is 0.325 e. The van der Waals surface area contributed by atoms with Crippen LogP contribution in [0.4, 0.5) is 5.69 Å². The zero-order chi connectivity index (χ0) is 14.6. The van der Waals surface area contributed by atoms with E-state index in [0.29, 0.717) is 10.6 Å². The van der Waals surface area contributed by atoms with Crippen molar-refractivity contribution in [3.8, 4) is 0 Å². The van der Waals surface area contributed by atoms with E-state index in [4.69, 9.17) is 34.3 Å². The molecule has 0 amide bonds. The van der Waals surface area contributed by atoms with E-state index in [1.54, 1.807) is 12.1 Å². The number of benzene rings is 1. The second-order valence-electron chi connectivity index (χ2n) is 4.33. The third-order valence-electron chi connectivity index (χ3n) is 2.70. The molecule has 0 aliphatic rings. The van der Waals surface area contributed by atoms with Crippen LogP contribution in [0.5, 0.6) is 0 Å². The first-order valence-corrected chi connectivity index (χ1v) is 6.58. The van der Waals surface area contributed by atoms with E-state index in [1.165, 1.54) is 7.11 Å². The molecule has 0 bridgehead atoms. The Morgan fingerprint density at radius 2 is 2.16 bits per heavy atom. The highest BCUT2D eigenvalue weighted by Crippen LogP contribution is 2.25. The lowest BCUT2D eigenvalue weighted by molar-refractivity contribution is -0.139. The van der Waals surface area contributed by atoms with Gasteiger partial charge in [-0.05, 0) is 32.0 Å². The summed E-state index contributed by atoms with van der Waals surface area (Å²) in [6, 6.07) is 5.47. The Kier molecular flexibility index (Phi) is 5.57. The summed E-state index contributed by atoms with van der Waals surface area (Å²) < 4.78 is 4.69. The topological polar surface area (TPSA) is 55.6 Å². The first kappa shape index (κ1) is 15.7. The third kappa shape index (κ3) is 4.08. The standard InChI is InChI=1S/C13H17ClN2O2S/c1-8(2)16(7-12(17)18-3)9-4-5-10(13(15)19)11(14)6-9/h4-6,8H,7H2,1-3H3,(H2,15,19). The molecule has 19 heavy (non-hydrogen) atoms. The van der Waals surface area contributed by atoms with E-state index in [-0.39, 0.29) is 23.5 Å². The number of anilines is 1. The number of carbonyl (C=O) groups is 1. The number of halogens is 1. The summed E-state index contributed by atoms with van der Waals surface area (Å²) in [7, 11) is 1.36. The largest absolute Gasteiger partial charge is 0.468 e. The zero-order valence-electron chi connectivity index (χ0n) is 11.1. The molecule has 104 valence electrons. The fraction of sp³-hybridized carbons (Fsp3) is 0.385. The molecule has 2 N–H and O–H groups in total. The molecule has 4 nitrogen and oxygen atoms in total. The minimum Gasteiger partial charge on any atom is -0.468 e. The first-order chi connectivity index (χ1) is 8.86. The first-order valence-electron chi connectivity index (χ1n) is 5.79. The van der Waals surface area contributed by atoms with Crippen LogP contribution in [-0.2, 0) is 9.53 Å². The van der Waals surface area contributed by atoms with Crippen LogP contribution in [0.15, 0.2) is 18.2 Å². The fourth-order valence-electron chi connectivity index (χ4n) is 1.66. The Hall–Kier alpha value is -1.33. The van der Waals surface area contributed by atoms with E-state index in [9.17, 15) is 4.79 Å². The molecule has 0 saturated heterocycles. The molecule has 0 atom stereocenters. The van der Waals surface area contributed by atoms with Crippen molar-refractivity contribution in [2.24, 2.45) is 5.73 Å². The number of carbonyl (C=O) groups excluding carboxylic acids is 1. The Labute approximate surface area is 123 Å². The lowest BCUT2D eigenvalue weighted by Gasteiger charge is -2.28. The van der Waals surface area contributed by atoms with Crippen LogP contribution in [0.2, 0.25) is 5.02 Å². The van der Waals surface area contributed by atoms with Crippen molar-refractivity contribution in [3.05, 3.63) is 28.8 Å². The highest BCUT2D eigenvalue weighted by Gasteiger charge is 2.16. The lowest BCUT2D eigenvalue weighted by atomic mass is 10.1. The van der Waals surface area contributed by atoms with E-state index >= 15 is 0 Å². The lowest BCUT2D eigenvalue weighted by Crippen LogP contribution is -2.36. The maximum absolute atomic E-state index is 11.4. The Morgan fingerprint density at radius 3 is 2.58 bits per heavy atom. The van der Waals surface area contributed by atoms with Crippen LogP contribution < -0.4 is 10.6 Å². The van der Waals surface area contributed by atoms with Crippen LogP contribution in [0.1, 0.15) is 19.4 Å². The van der Waals surface area contributed by atoms with Crippen LogP contribution in [0.3, 0.4) is 0 Å². The van der Waals surface area contributed by atoms with Crippen molar-refractivity contribution in [3.63, 3.8) is 0 Å². The number of esters is 1. The number of ether oxygens (including phenoxy) is 1. The zero-order valence-corrected chi connectivity index (χ0v) is 12.7. The summed E-state index contributed by atoms with van der Waals surface area (Å²) in [4.78, 5) is 13.6. The minimum atomic E-state index is -0.303. The number of hydrogen-bond donors (Lipinski definition) is 1. The average Bonchev–Trinajstić information content (AvgIpc) is 2.34. The van der Waals surface area contributed by atoms with E-state index in [0.717, 1.165) is 5.69 Å². The highest BCUT2D eigenvalue weighted by molar-refractivity contribution is 7.80. The molecule has 6 heteroatoms. The number of rotatable bonds is 5. The molecule has 1 aromatic carbocycles. The summed E-state index contributed by atoms with van der Waals surface area (Å²) in [6.07, 6.45) is 0. The van der Waals surface area contributed by atoms with E-state index < -0.39 is 0 Å². The van der Waals surface area contributed by atoms with E-state index in [2.05, 4.69) is 0 Å². The summed E-state index contributed by atoms with van der Waals surface area (Å²) in [5.41, 5.74) is 7.01. The van der Waals surface area contributed by atoms with Gasteiger partial charge in [0.05, 0.1) is 12.1 Å². The molecule has 0 aliphatic heterocycles. The molecule has 0 saturated carbocycles.